The topological polar surface area (TPSA) is 9.23 Å². The van der Waals surface area contributed by atoms with Gasteiger partial charge in [-0.2, -0.15) is 0 Å². The van der Waals surface area contributed by atoms with Crippen molar-refractivity contribution in [3.05, 3.63) is 121 Å². The highest BCUT2D eigenvalue weighted by molar-refractivity contribution is 7.95. The van der Waals surface area contributed by atoms with Gasteiger partial charge in [-0.3, -0.25) is 0 Å². The van der Waals surface area contributed by atoms with Crippen LogP contribution >= 0.6 is 7.26 Å². The predicted octanol–water partition coefficient (Wildman–Crippen LogP) is 7.56. The van der Waals surface area contributed by atoms with Gasteiger partial charge >= 0.3 is 0 Å². The first-order chi connectivity index (χ1) is 16.2. The molecule has 0 bridgehead atoms. The van der Waals surface area contributed by atoms with Crippen molar-refractivity contribution in [3.63, 3.8) is 0 Å². The molecule has 0 aliphatic rings. The minimum absolute atomic E-state index is 0.181. The van der Waals surface area contributed by atoms with E-state index in [0.717, 1.165) is 11.9 Å². The van der Waals surface area contributed by atoms with E-state index in [1.807, 2.05) is 0 Å². The number of rotatable bonds is 7. The monoisotopic (exact) mass is 483 g/mol. The highest BCUT2D eigenvalue weighted by atomic mass is 31.2. The summed E-state index contributed by atoms with van der Waals surface area (Å²) < 4.78 is 6.55. The van der Waals surface area contributed by atoms with Gasteiger partial charge in [0.05, 0.1) is 6.16 Å². The molecule has 34 heavy (non-hydrogen) atoms. The molecule has 0 fully saturated rings. The van der Waals surface area contributed by atoms with Crippen molar-refractivity contribution in [2.24, 2.45) is 0 Å². The Bertz CT molecular complexity index is 1080. The van der Waals surface area contributed by atoms with Gasteiger partial charge < -0.3 is 4.43 Å². The first kappa shape index (κ1) is 24.5. The Hall–Kier alpha value is -2.67. The Morgan fingerprint density at radius 2 is 0.971 bits per heavy atom. The summed E-state index contributed by atoms with van der Waals surface area (Å²) in [7, 11) is -3.75. The lowest BCUT2D eigenvalue weighted by atomic mass is 10.2. The van der Waals surface area contributed by atoms with Crippen LogP contribution in [0, 0.1) is 0 Å². The van der Waals surface area contributed by atoms with Crippen molar-refractivity contribution >= 4 is 31.5 Å². The molecule has 0 N–H and O–H groups in total. The van der Waals surface area contributed by atoms with Crippen LogP contribution < -0.4 is 20.3 Å². The molecular weight excluding hydrogens is 447 g/mol. The zero-order valence-corrected chi connectivity index (χ0v) is 22.9. The van der Waals surface area contributed by atoms with Gasteiger partial charge in [-0.1, -0.05) is 87.5 Å². The molecule has 0 aromatic heterocycles. The summed E-state index contributed by atoms with van der Waals surface area (Å²) in [6.45, 7) is 11.5. The Morgan fingerprint density at radius 1 is 0.588 bits per heavy atom. The first-order valence-electron chi connectivity index (χ1n) is 12.1. The molecule has 0 amide bonds. The lowest BCUT2D eigenvalue weighted by Gasteiger charge is -2.36. The highest BCUT2D eigenvalue weighted by Gasteiger charge is 2.45. The predicted molar refractivity (Wildman–Crippen MR) is 153 cm³/mol. The fourth-order valence-corrected chi connectivity index (χ4v) is 9.43. The van der Waals surface area contributed by atoms with Gasteiger partial charge in [0.1, 0.15) is 28.9 Å². The quantitative estimate of drug-likeness (QED) is 0.195. The average Bonchev–Trinajstić information content (AvgIpc) is 2.84. The molecule has 4 aromatic carbocycles. The lowest BCUT2D eigenvalue weighted by molar-refractivity contribution is 0.492. The van der Waals surface area contributed by atoms with Crippen LogP contribution in [0.1, 0.15) is 26.3 Å². The van der Waals surface area contributed by atoms with Crippen LogP contribution in [0.2, 0.25) is 18.1 Å². The van der Waals surface area contributed by atoms with Gasteiger partial charge in [0.25, 0.3) is 0 Å². The van der Waals surface area contributed by atoms with Crippen LogP contribution in [0.3, 0.4) is 0 Å². The van der Waals surface area contributed by atoms with Crippen LogP contribution in [-0.2, 0) is 6.16 Å². The summed E-state index contributed by atoms with van der Waals surface area (Å²) in [6.07, 6.45) is 0.978. The third-order valence-electron chi connectivity index (χ3n) is 7.11. The molecular formula is C31H36OPSi+. The van der Waals surface area contributed by atoms with E-state index in [0.29, 0.717) is 0 Å². The second kappa shape index (κ2) is 9.90. The highest BCUT2D eigenvalue weighted by Crippen LogP contribution is 2.58. The van der Waals surface area contributed by atoms with Crippen molar-refractivity contribution in [1.29, 1.82) is 0 Å². The molecule has 0 unspecified atom stereocenters. The summed E-state index contributed by atoms with van der Waals surface area (Å²) in [4.78, 5) is 0. The van der Waals surface area contributed by atoms with Gasteiger partial charge in [-0.25, -0.2) is 0 Å². The van der Waals surface area contributed by atoms with Crippen LogP contribution in [0.15, 0.2) is 115 Å². The van der Waals surface area contributed by atoms with Crippen molar-refractivity contribution in [2.75, 3.05) is 0 Å². The molecule has 4 aromatic rings. The molecule has 0 atom stereocenters. The summed E-state index contributed by atoms with van der Waals surface area (Å²) in [5.74, 6) is 0.985. The Labute approximate surface area is 207 Å². The van der Waals surface area contributed by atoms with Gasteiger partial charge in [0.15, 0.2) is 0 Å². The maximum atomic E-state index is 6.55. The molecule has 4 rings (SSSR count). The summed E-state index contributed by atoms with van der Waals surface area (Å²) in [5.41, 5.74) is 1.34. The lowest BCUT2D eigenvalue weighted by Crippen LogP contribution is -2.43. The number of benzene rings is 4. The van der Waals surface area contributed by atoms with E-state index in [1.54, 1.807) is 0 Å². The van der Waals surface area contributed by atoms with E-state index in [1.165, 1.54) is 21.5 Å². The van der Waals surface area contributed by atoms with E-state index in [-0.39, 0.29) is 5.04 Å². The van der Waals surface area contributed by atoms with E-state index < -0.39 is 15.6 Å². The molecule has 0 saturated heterocycles. The zero-order chi connectivity index (χ0) is 24.2. The van der Waals surface area contributed by atoms with Gasteiger partial charge in [0, 0.05) is 0 Å². The van der Waals surface area contributed by atoms with Crippen molar-refractivity contribution in [2.45, 2.75) is 45.1 Å². The third kappa shape index (κ3) is 5.04. The molecule has 0 aliphatic carbocycles. The molecule has 0 saturated carbocycles. The SMILES string of the molecule is CC(C)(C)[Si](C)(C)Oc1ccc(C[P+](c2ccccc2)(c2ccccc2)c2ccccc2)cc1. The molecule has 1 nitrogen and oxygen atoms in total. The minimum atomic E-state index is -1.89. The fraction of sp³-hybridized carbons (Fsp3) is 0.226. The first-order valence-corrected chi connectivity index (χ1v) is 16.9. The van der Waals surface area contributed by atoms with Crippen molar-refractivity contribution in [1.82, 2.24) is 0 Å². The van der Waals surface area contributed by atoms with Gasteiger partial charge in [-0.15, -0.1) is 0 Å². The summed E-state index contributed by atoms with van der Waals surface area (Å²) >= 11 is 0. The summed E-state index contributed by atoms with van der Waals surface area (Å²) in [6, 6.07) is 42.1. The number of hydrogen-bond donors (Lipinski definition) is 0. The molecule has 174 valence electrons. The Kier molecular flexibility index (Phi) is 7.12. The second-order valence-electron chi connectivity index (χ2n) is 10.5. The Balaban J connectivity index is 1.78. The normalized spacial score (nSPS) is 12.4. The van der Waals surface area contributed by atoms with Crippen molar-refractivity contribution in [3.8, 4) is 5.75 Å². The van der Waals surface area contributed by atoms with Crippen LogP contribution in [0.25, 0.3) is 0 Å². The van der Waals surface area contributed by atoms with Crippen LogP contribution in [0.5, 0.6) is 5.75 Å². The third-order valence-corrected chi connectivity index (χ3v) is 15.9. The zero-order valence-electron chi connectivity index (χ0n) is 21.0. The standard InChI is InChI=1S/C31H36OPSi/c1-31(2,3)34(4,5)32-27-23-21-26(22-24-27)25-33(28-15-9-6-10-16-28,29-17-11-7-12-18-29)30-19-13-8-14-20-30/h6-24H,25H2,1-5H3/q+1. The largest absolute Gasteiger partial charge is 0.544 e. The Morgan fingerprint density at radius 3 is 1.32 bits per heavy atom. The molecule has 3 heteroatoms. The molecule has 0 heterocycles. The average molecular weight is 484 g/mol. The van der Waals surface area contributed by atoms with E-state index >= 15 is 0 Å². The maximum absolute atomic E-state index is 6.55. The molecule has 0 radical (unpaired) electrons. The van der Waals surface area contributed by atoms with Crippen LogP contribution in [0.4, 0.5) is 0 Å². The second-order valence-corrected chi connectivity index (χ2v) is 18.7. The minimum Gasteiger partial charge on any atom is -0.544 e. The van der Waals surface area contributed by atoms with Crippen molar-refractivity contribution < 1.29 is 4.43 Å². The maximum Gasteiger partial charge on any atom is 0.250 e. The summed E-state index contributed by atoms with van der Waals surface area (Å²) in [5, 5.41) is 4.41. The van der Waals surface area contributed by atoms with Gasteiger partial charge in [-0.05, 0) is 72.2 Å². The van der Waals surface area contributed by atoms with E-state index in [2.05, 4.69) is 149 Å². The molecule has 0 spiro atoms. The fourth-order valence-electron chi connectivity index (χ4n) is 4.15. The van der Waals surface area contributed by atoms with Gasteiger partial charge in [0.2, 0.25) is 8.32 Å². The molecule has 0 aliphatic heterocycles. The smallest absolute Gasteiger partial charge is 0.250 e. The van der Waals surface area contributed by atoms with E-state index in [9.17, 15) is 0 Å². The van der Waals surface area contributed by atoms with E-state index in [4.69, 9.17) is 4.43 Å². The number of hydrogen-bond acceptors (Lipinski definition) is 1. The van der Waals surface area contributed by atoms with Crippen LogP contribution in [-0.4, -0.2) is 8.32 Å².